The fraction of sp³-hybridized carbons (Fsp3) is 0. The molecule has 1 unspecified atom stereocenters. The molecule has 0 aliphatic carbocycles. The second-order valence-electron chi connectivity index (χ2n) is 1.64. The van der Waals surface area contributed by atoms with Crippen LogP contribution in [0.4, 0.5) is 5.82 Å². The minimum Gasteiger partial charge on any atom is -0.384 e. The van der Waals surface area contributed by atoms with Gasteiger partial charge in [0.25, 0.3) is 0 Å². The maximum atomic E-state index is 10.6. The van der Waals surface area contributed by atoms with Crippen molar-refractivity contribution < 1.29 is 4.21 Å². The number of aromatic nitrogens is 1. The first-order valence-corrected chi connectivity index (χ1v) is 4.47. The number of pyridine rings is 1. The summed E-state index contributed by atoms with van der Waals surface area (Å²) in [5.41, 5.74) is 5.27. The van der Waals surface area contributed by atoms with Gasteiger partial charge in [-0.1, -0.05) is 0 Å². The van der Waals surface area contributed by atoms with Crippen molar-refractivity contribution in [1.29, 1.82) is 0 Å². The number of hydrogen-bond donors (Lipinski definition) is 1. The molecule has 0 fully saturated rings. The van der Waals surface area contributed by atoms with Crippen LogP contribution in [0.2, 0.25) is 0 Å². The summed E-state index contributed by atoms with van der Waals surface area (Å²) in [5.74, 6) is 0.394. The zero-order valence-corrected chi connectivity index (χ0v) is 6.52. The Bertz CT molecular complexity index is 248. The first-order valence-electron chi connectivity index (χ1n) is 2.49. The minimum absolute atomic E-state index is 0.394. The summed E-state index contributed by atoms with van der Waals surface area (Å²) in [6.07, 6.45) is 1.39. The Morgan fingerprint density at radius 3 is 2.70 bits per heavy atom. The fourth-order valence-corrected chi connectivity index (χ4v) is 1.07. The fourth-order valence-electron chi connectivity index (χ4n) is 0.487. The molecular weight excluding hydrogens is 172 g/mol. The number of rotatable bonds is 1. The van der Waals surface area contributed by atoms with E-state index in [4.69, 9.17) is 16.4 Å². The van der Waals surface area contributed by atoms with E-state index in [1.807, 2.05) is 0 Å². The van der Waals surface area contributed by atoms with Crippen LogP contribution >= 0.6 is 10.7 Å². The first kappa shape index (κ1) is 7.50. The van der Waals surface area contributed by atoms with Crippen LogP contribution in [0.15, 0.2) is 23.2 Å². The standard InChI is InChI=1S/C5H5ClN2OS/c6-10(9)4-1-2-5(7)8-3-4/h1-3H,(H2,7,8). The molecule has 54 valence electrons. The van der Waals surface area contributed by atoms with Crippen LogP contribution in [0.1, 0.15) is 0 Å². The predicted octanol–water partition coefficient (Wildman–Crippen LogP) is 0.925. The van der Waals surface area contributed by atoms with Gasteiger partial charge in [0.05, 0.1) is 4.90 Å². The van der Waals surface area contributed by atoms with Gasteiger partial charge in [0, 0.05) is 6.20 Å². The summed E-state index contributed by atoms with van der Waals surface area (Å²) in [4.78, 5) is 4.17. The number of hydrogen-bond acceptors (Lipinski definition) is 3. The Kier molecular flexibility index (Phi) is 2.24. The Hall–Kier alpha value is -0.610. The van der Waals surface area contributed by atoms with E-state index >= 15 is 0 Å². The second-order valence-corrected chi connectivity index (χ2v) is 3.40. The summed E-state index contributed by atoms with van der Waals surface area (Å²) in [6.45, 7) is 0. The molecule has 0 aliphatic heterocycles. The van der Waals surface area contributed by atoms with Crippen molar-refractivity contribution in [2.45, 2.75) is 4.90 Å². The molecule has 0 bridgehead atoms. The first-order chi connectivity index (χ1) is 4.70. The summed E-state index contributed by atoms with van der Waals surface area (Å²) < 4.78 is 10.6. The topological polar surface area (TPSA) is 56.0 Å². The maximum absolute atomic E-state index is 10.6. The molecule has 0 aliphatic rings. The maximum Gasteiger partial charge on any atom is 0.149 e. The van der Waals surface area contributed by atoms with Crippen LogP contribution in [-0.2, 0) is 10.0 Å². The van der Waals surface area contributed by atoms with E-state index in [2.05, 4.69) is 4.98 Å². The van der Waals surface area contributed by atoms with Crippen LogP contribution in [-0.4, -0.2) is 9.19 Å². The number of nitrogen functional groups attached to an aromatic ring is 1. The number of halogens is 1. The largest absolute Gasteiger partial charge is 0.384 e. The van der Waals surface area contributed by atoms with Crippen LogP contribution < -0.4 is 5.73 Å². The Morgan fingerprint density at radius 1 is 1.60 bits per heavy atom. The van der Waals surface area contributed by atoms with Crippen molar-refractivity contribution in [3.8, 4) is 0 Å². The summed E-state index contributed by atoms with van der Waals surface area (Å²) >= 11 is 0. The third kappa shape index (κ3) is 1.68. The molecular formula is C5H5ClN2OS. The quantitative estimate of drug-likeness (QED) is 0.648. The SMILES string of the molecule is Nc1ccc(S(=O)Cl)cn1. The van der Waals surface area contributed by atoms with Gasteiger partial charge in [-0.15, -0.1) is 0 Å². The van der Waals surface area contributed by atoms with E-state index < -0.39 is 10.0 Å². The highest BCUT2D eigenvalue weighted by Gasteiger charge is 1.97. The molecule has 1 atom stereocenters. The average Bonchev–Trinajstić information content (AvgIpc) is 1.88. The van der Waals surface area contributed by atoms with Crippen molar-refractivity contribution in [3.05, 3.63) is 18.3 Å². The Morgan fingerprint density at radius 2 is 2.30 bits per heavy atom. The smallest absolute Gasteiger partial charge is 0.149 e. The zero-order chi connectivity index (χ0) is 7.56. The van der Waals surface area contributed by atoms with Gasteiger partial charge in [-0.05, 0) is 22.8 Å². The molecule has 0 amide bonds. The Balaban J connectivity index is 3.00. The molecule has 0 saturated carbocycles. The predicted molar refractivity (Wildman–Crippen MR) is 40.9 cm³/mol. The lowest BCUT2D eigenvalue weighted by Crippen LogP contribution is -1.90. The molecule has 1 rings (SSSR count). The second kappa shape index (κ2) is 2.98. The summed E-state index contributed by atoms with van der Waals surface area (Å²) in [7, 11) is 3.76. The molecule has 1 aromatic rings. The van der Waals surface area contributed by atoms with Gasteiger partial charge in [0.2, 0.25) is 0 Å². The average molecular weight is 177 g/mol. The van der Waals surface area contributed by atoms with Crippen LogP contribution in [0.5, 0.6) is 0 Å². The third-order valence-corrected chi connectivity index (χ3v) is 2.09. The van der Waals surface area contributed by atoms with Crippen molar-refractivity contribution in [2.75, 3.05) is 5.73 Å². The molecule has 0 aromatic carbocycles. The van der Waals surface area contributed by atoms with Gasteiger partial charge in [-0.3, -0.25) is 0 Å². The number of anilines is 1. The van der Waals surface area contributed by atoms with Crippen LogP contribution in [0, 0.1) is 0 Å². The lowest BCUT2D eigenvalue weighted by molar-refractivity contribution is 0.691. The van der Waals surface area contributed by atoms with Gasteiger partial charge in [-0.2, -0.15) is 0 Å². The monoisotopic (exact) mass is 176 g/mol. The number of nitrogens with zero attached hydrogens (tertiary/aromatic N) is 1. The molecule has 0 saturated heterocycles. The van der Waals surface area contributed by atoms with Gasteiger partial charge >= 0.3 is 0 Å². The van der Waals surface area contributed by atoms with Crippen molar-refractivity contribution in [3.63, 3.8) is 0 Å². The van der Waals surface area contributed by atoms with Crippen molar-refractivity contribution in [2.24, 2.45) is 0 Å². The summed E-state index contributed by atoms with van der Waals surface area (Å²) in [5, 5.41) is 0. The molecule has 5 heteroatoms. The molecule has 0 radical (unpaired) electrons. The molecule has 0 spiro atoms. The lowest BCUT2D eigenvalue weighted by Gasteiger charge is -1.92. The summed E-state index contributed by atoms with van der Waals surface area (Å²) in [6, 6.07) is 3.13. The molecule has 2 N–H and O–H groups in total. The van der Waals surface area contributed by atoms with E-state index in [9.17, 15) is 4.21 Å². The molecule has 10 heavy (non-hydrogen) atoms. The van der Waals surface area contributed by atoms with Gasteiger partial charge < -0.3 is 5.73 Å². The highest BCUT2D eigenvalue weighted by Crippen LogP contribution is 2.08. The van der Waals surface area contributed by atoms with E-state index in [-0.39, 0.29) is 0 Å². The van der Waals surface area contributed by atoms with Crippen molar-refractivity contribution in [1.82, 2.24) is 4.98 Å². The zero-order valence-electron chi connectivity index (χ0n) is 4.95. The van der Waals surface area contributed by atoms with E-state index in [0.29, 0.717) is 10.7 Å². The number of nitrogens with two attached hydrogens (primary N) is 1. The highest BCUT2D eigenvalue weighted by atomic mass is 35.7. The minimum atomic E-state index is -1.48. The van der Waals surface area contributed by atoms with Gasteiger partial charge in [0.15, 0.2) is 0 Å². The molecule has 1 heterocycles. The molecule has 3 nitrogen and oxygen atoms in total. The van der Waals surface area contributed by atoms with E-state index in [0.717, 1.165) is 0 Å². The lowest BCUT2D eigenvalue weighted by atomic mass is 10.5. The normalized spacial score (nSPS) is 12.9. The van der Waals surface area contributed by atoms with E-state index in [1.54, 1.807) is 12.1 Å². The third-order valence-electron chi connectivity index (χ3n) is 0.945. The van der Waals surface area contributed by atoms with E-state index in [1.165, 1.54) is 6.20 Å². The Labute approximate surface area is 65.2 Å². The van der Waals surface area contributed by atoms with Gasteiger partial charge in [-0.25, -0.2) is 9.19 Å². The van der Waals surface area contributed by atoms with Crippen LogP contribution in [0.25, 0.3) is 0 Å². The highest BCUT2D eigenvalue weighted by molar-refractivity contribution is 8.08. The van der Waals surface area contributed by atoms with Gasteiger partial charge in [0.1, 0.15) is 15.8 Å². The van der Waals surface area contributed by atoms with Crippen LogP contribution in [0.3, 0.4) is 0 Å². The van der Waals surface area contributed by atoms with Crippen molar-refractivity contribution >= 4 is 26.5 Å². The molecule has 1 aromatic heterocycles.